The highest BCUT2D eigenvalue weighted by Crippen LogP contribution is 2.20. The van der Waals surface area contributed by atoms with Crippen LogP contribution in [-0.2, 0) is 22.7 Å². The zero-order valence-electron chi connectivity index (χ0n) is 19.5. The third-order valence-corrected chi connectivity index (χ3v) is 5.68. The third-order valence-electron chi connectivity index (χ3n) is 5.68. The van der Waals surface area contributed by atoms with Crippen LogP contribution in [0.3, 0.4) is 0 Å². The molecule has 3 aromatic carbocycles. The predicted octanol–water partition coefficient (Wildman–Crippen LogP) is 6.08. The van der Waals surface area contributed by atoms with E-state index in [0.717, 1.165) is 16.7 Å². The average molecular weight is 466 g/mol. The summed E-state index contributed by atoms with van der Waals surface area (Å²) in [5.41, 5.74) is 4.88. The standard InChI is InChI=1S/C30H27NO4/c1-22-14-16-25(17-15-22)28(32)27-13-7-19-31(27)18-6-10-23-8-5-9-24(20-23)21-35-29(30(33)34)26-11-3-2-4-12-26/h2-17,19-20,29H,18,21H2,1H3,(H,33,34). The number of nitrogens with zero attached hydrogens (tertiary/aromatic N) is 1. The molecule has 0 saturated heterocycles. The monoisotopic (exact) mass is 465 g/mol. The molecule has 0 aliphatic rings. The number of aromatic nitrogens is 1. The fraction of sp³-hybridized carbons (Fsp3) is 0.133. The van der Waals surface area contributed by atoms with Gasteiger partial charge in [0.15, 0.2) is 6.10 Å². The minimum absolute atomic E-state index is 0.00560. The minimum Gasteiger partial charge on any atom is -0.479 e. The van der Waals surface area contributed by atoms with E-state index in [9.17, 15) is 14.7 Å². The number of carbonyl (C=O) groups is 2. The molecule has 0 amide bonds. The van der Waals surface area contributed by atoms with Gasteiger partial charge in [-0.2, -0.15) is 0 Å². The SMILES string of the molecule is Cc1ccc(C(=O)c2cccn2CC=Cc2cccc(COC(C(=O)O)c3ccccc3)c2)cc1. The number of rotatable bonds is 10. The van der Waals surface area contributed by atoms with Gasteiger partial charge in [-0.25, -0.2) is 4.79 Å². The second kappa shape index (κ2) is 11.3. The van der Waals surface area contributed by atoms with Gasteiger partial charge >= 0.3 is 5.97 Å². The van der Waals surface area contributed by atoms with Crippen LogP contribution in [0.1, 0.15) is 44.4 Å². The number of carboxylic acid groups (broad SMARTS) is 1. The molecule has 0 aliphatic carbocycles. The summed E-state index contributed by atoms with van der Waals surface area (Å²) in [4.78, 5) is 24.6. The summed E-state index contributed by atoms with van der Waals surface area (Å²) in [6, 6.07) is 28.0. The van der Waals surface area contributed by atoms with Crippen LogP contribution in [0, 0.1) is 6.92 Å². The van der Waals surface area contributed by atoms with Gasteiger partial charge in [-0.1, -0.05) is 90.5 Å². The summed E-state index contributed by atoms with van der Waals surface area (Å²) >= 11 is 0. The van der Waals surface area contributed by atoms with Crippen molar-refractivity contribution in [3.63, 3.8) is 0 Å². The largest absolute Gasteiger partial charge is 0.479 e. The van der Waals surface area contributed by atoms with Crippen molar-refractivity contribution in [3.8, 4) is 0 Å². The van der Waals surface area contributed by atoms with Gasteiger partial charge in [-0.15, -0.1) is 0 Å². The van der Waals surface area contributed by atoms with Crippen LogP contribution in [-0.4, -0.2) is 21.4 Å². The minimum atomic E-state index is -1.02. The quantitative estimate of drug-likeness (QED) is 0.288. The lowest BCUT2D eigenvalue weighted by atomic mass is 10.1. The van der Waals surface area contributed by atoms with Crippen molar-refractivity contribution in [1.82, 2.24) is 4.57 Å². The topological polar surface area (TPSA) is 68.5 Å². The highest BCUT2D eigenvalue weighted by Gasteiger charge is 2.20. The molecule has 4 rings (SSSR count). The van der Waals surface area contributed by atoms with Gasteiger partial charge in [0.1, 0.15) is 0 Å². The van der Waals surface area contributed by atoms with Gasteiger partial charge in [-0.05, 0) is 41.8 Å². The maximum absolute atomic E-state index is 12.9. The highest BCUT2D eigenvalue weighted by atomic mass is 16.5. The molecule has 1 atom stereocenters. The first-order valence-electron chi connectivity index (χ1n) is 11.4. The lowest BCUT2D eigenvalue weighted by Crippen LogP contribution is -2.15. The molecule has 0 fully saturated rings. The molecule has 4 aromatic rings. The van der Waals surface area contributed by atoms with Crippen LogP contribution >= 0.6 is 0 Å². The lowest BCUT2D eigenvalue weighted by Gasteiger charge is -2.14. The lowest BCUT2D eigenvalue weighted by molar-refractivity contribution is -0.151. The first kappa shape index (κ1) is 23.9. The number of carbonyl (C=O) groups excluding carboxylic acids is 1. The molecule has 0 aliphatic heterocycles. The van der Waals surface area contributed by atoms with Crippen molar-refractivity contribution in [2.45, 2.75) is 26.2 Å². The van der Waals surface area contributed by atoms with E-state index < -0.39 is 12.1 Å². The van der Waals surface area contributed by atoms with E-state index in [1.807, 2.05) is 96.6 Å². The zero-order valence-corrected chi connectivity index (χ0v) is 19.5. The van der Waals surface area contributed by atoms with E-state index in [4.69, 9.17) is 4.74 Å². The summed E-state index contributed by atoms with van der Waals surface area (Å²) in [7, 11) is 0. The molecule has 1 N–H and O–H groups in total. The van der Waals surface area contributed by atoms with Crippen LogP contribution in [0.25, 0.3) is 6.08 Å². The Bertz CT molecular complexity index is 1320. The van der Waals surface area contributed by atoms with Crippen LogP contribution in [0.2, 0.25) is 0 Å². The number of allylic oxidation sites excluding steroid dienone is 1. The zero-order chi connectivity index (χ0) is 24.6. The normalized spacial score (nSPS) is 12.0. The second-order valence-corrected chi connectivity index (χ2v) is 8.33. The first-order valence-corrected chi connectivity index (χ1v) is 11.4. The number of hydrogen-bond donors (Lipinski definition) is 1. The van der Waals surface area contributed by atoms with Gasteiger partial charge in [-0.3, -0.25) is 4.79 Å². The molecule has 0 bridgehead atoms. The number of hydrogen-bond acceptors (Lipinski definition) is 3. The number of carboxylic acids is 1. The Balaban J connectivity index is 1.40. The molecule has 0 spiro atoms. The summed E-state index contributed by atoms with van der Waals surface area (Å²) in [6.45, 7) is 2.73. The molecular weight excluding hydrogens is 438 g/mol. The van der Waals surface area contributed by atoms with E-state index in [2.05, 4.69) is 0 Å². The summed E-state index contributed by atoms with van der Waals surface area (Å²) in [6.07, 6.45) is 4.85. The Labute approximate surface area is 204 Å². The molecule has 5 heteroatoms. The Morgan fingerprint density at radius 3 is 2.46 bits per heavy atom. The smallest absolute Gasteiger partial charge is 0.337 e. The summed E-state index contributed by atoms with van der Waals surface area (Å²) in [5, 5.41) is 9.55. The molecule has 0 saturated carbocycles. The molecule has 35 heavy (non-hydrogen) atoms. The van der Waals surface area contributed by atoms with Crippen molar-refractivity contribution < 1.29 is 19.4 Å². The van der Waals surface area contributed by atoms with Gasteiger partial charge < -0.3 is 14.4 Å². The van der Waals surface area contributed by atoms with E-state index in [0.29, 0.717) is 23.4 Å². The number of ether oxygens (including phenoxy) is 1. The average Bonchev–Trinajstić information content (AvgIpc) is 3.33. The van der Waals surface area contributed by atoms with Gasteiger partial charge in [0, 0.05) is 18.3 Å². The molecule has 176 valence electrons. The van der Waals surface area contributed by atoms with Gasteiger partial charge in [0.05, 0.1) is 12.3 Å². The Morgan fingerprint density at radius 1 is 0.943 bits per heavy atom. The van der Waals surface area contributed by atoms with Crippen molar-refractivity contribution in [2.24, 2.45) is 0 Å². The van der Waals surface area contributed by atoms with E-state index in [-0.39, 0.29) is 12.4 Å². The maximum atomic E-state index is 12.9. The number of benzene rings is 3. The van der Waals surface area contributed by atoms with E-state index in [1.165, 1.54) is 0 Å². The number of aliphatic carboxylic acids is 1. The molecule has 0 radical (unpaired) electrons. The van der Waals surface area contributed by atoms with Crippen LogP contribution in [0.4, 0.5) is 0 Å². The van der Waals surface area contributed by atoms with Gasteiger partial charge in [0.25, 0.3) is 0 Å². The summed E-state index contributed by atoms with van der Waals surface area (Å²) in [5.74, 6) is -1.02. The molecule has 1 aromatic heterocycles. The van der Waals surface area contributed by atoms with Crippen molar-refractivity contribution in [3.05, 3.63) is 137 Å². The highest BCUT2D eigenvalue weighted by molar-refractivity contribution is 6.08. The van der Waals surface area contributed by atoms with Crippen LogP contribution < -0.4 is 0 Å². The first-order chi connectivity index (χ1) is 17.0. The molecule has 1 unspecified atom stereocenters. The van der Waals surface area contributed by atoms with Crippen molar-refractivity contribution >= 4 is 17.8 Å². The van der Waals surface area contributed by atoms with Crippen molar-refractivity contribution in [1.29, 1.82) is 0 Å². The summed E-state index contributed by atoms with van der Waals surface area (Å²) < 4.78 is 7.64. The Kier molecular flexibility index (Phi) is 7.70. The van der Waals surface area contributed by atoms with E-state index >= 15 is 0 Å². The van der Waals surface area contributed by atoms with Crippen LogP contribution in [0.15, 0.2) is 103 Å². The fourth-order valence-corrected chi connectivity index (χ4v) is 3.84. The third kappa shape index (κ3) is 6.22. The Hall–Kier alpha value is -4.22. The number of aryl methyl sites for hydroxylation is 1. The van der Waals surface area contributed by atoms with E-state index in [1.54, 1.807) is 24.3 Å². The molecule has 1 heterocycles. The molecule has 5 nitrogen and oxygen atoms in total. The van der Waals surface area contributed by atoms with Crippen LogP contribution in [0.5, 0.6) is 0 Å². The molecular formula is C30H27NO4. The predicted molar refractivity (Wildman–Crippen MR) is 136 cm³/mol. The second-order valence-electron chi connectivity index (χ2n) is 8.33. The number of ketones is 1. The van der Waals surface area contributed by atoms with Gasteiger partial charge in [0.2, 0.25) is 5.78 Å². The Morgan fingerprint density at radius 2 is 1.71 bits per heavy atom. The van der Waals surface area contributed by atoms with Crippen molar-refractivity contribution in [2.75, 3.05) is 0 Å². The fourth-order valence-electron chi connectivity index (χ4n) is 3.84. The maximum Gasteiger partial charge on any atom is 0.337 e.